The van der Waals surface area contributed by atoms with E-state index in [9.17, 15) is 13.2 Å². The maximum absolute atomic E-state index is 11.9. The number of likely N-dealkylation sites (N-methyl/N-ethyl adjacent to an activating group) is 1. The van der Waals surface area contributed by atoms with Crippen molar-refractivity contribution < 1.29 is 22.5 Å². The first-order chi connectivity index (χ1) is 12.2. The van der Waals surface area contributed by atoms with Crippen molar-refractivity contribution in [1.82, 2.24) is 10.1 Å². The molecule has 0 fully saturated rings. The van der Waals surface area contributed by atoms with Gasteiger partial charge in [-0.25, -0.2) is 8.42 Å². The Bertz CT molecular complexity index is 848. The number of ether oxygens (including phenoxy) is 1. The summed E-state index contributed by atoms with van der Waals surface area (Å²) in [7, 11) is -1.42. The van der Waals surface area contributed by atoms with Crippen LogP contribution in [0.2, 0.25) is 0 Å². The van der Waals surface area contributed by atoms with Crippen molar-refractivity contribution in [1.29, 1.82) is 0 Å². The van der Waals surface area contributed by atoms with E-state index >= 15 is 0 Å². The second-order valence-electron chi connectivity index (χ2n) is 6.07. The van der Waals surface area contributed by atoms with Crippen LogP contribution >= 0.6 is 0 Å². The Hall–Kier alpha value is -2.39. The molecule has 1 N–H and O–H groups in total. The van der Waals surface area contributed by atoms with Gasteiger partial charge in [0.2, 0.25) is 11.8 Å². The molecular weight excluding hydrogens is 358 g/mol. The predicted octanol–water partition coefficient (Wildman–Crippen LogP) is 1.73. The van der Waals surface area contributed by atoms with Gasteiger partial charge in [-0.2, -0.15) is 0 Å². The first-order valence-corrected chi connectivity index (χ1v) is 9.98. The predicted molar refractivity (Wildman–Crippen MR) is 97.0 cm³/mol. The third-order valence-corrected chi connectivity index (χ3v) is 4.60. The highest BCUT2D eigenvalue weighted by Crippen LogP contribution is 2.17. The first-order valence-electron chi connectivity index (χ1n) is 8.08. The van der Waals surface area contributed by atoms with Crippen LogP contribution < -0.4 is 10.1 Å². The molecule has 142 valence electrons. The van der Waals surface area contributed by atoms with Gasteiger partial charge in [-0.05, 0) is 38.6 Å². The number of amides is 1. The van der Waals surface area contributed by atoms with Gasteiger partial charge in [0, 0.05) is 18.9 Å². The van der Waals surface area contributed by atoms with Crippen LogP contribution in [0.3, 0.4) is 0 Å². The minimum atomic E-state index is -3.25. The molecule has 0 atom stereocenters. The number of carbonyl (C=O) groups excluding carboxylic acids is 1. The summed E-state index contributed by atoms with van der Waals surface area (Å²) in [5, 5.41) is 6.33. The Labute approximate surface area is 153 Å². The molecule has 0 aliphatic heterocycles. The zero-order valence-corrected chi connectivity index (χ0v) is 15.9. The van der Waals surface area contributed by atoms with Gasteiger partial charge in [-0.3, -0.25) is 15.0 Å². The number of anilines is 1. The van der Waals surface area contributed by atoms with Crippen LogP contribution in [0.5, 0.6) is 5.75 Å². The molecular formula is C17H23N3O5S. The van der Waals surface area contributed by atoms with Crippen LogP contribution in [-0.2, 0) is 14.6 Å². The van der Waals surface area contributed by atoms with Crippen molar-refractivity contribution in [3.63, 3.8) is 0 Å². The quantitative estimate of drug-likeness (QED) is 0.660. The Balaban J connectivity index is 1.70. The first kappa shape index (κ1) is 19.9. The standard InChI is InChI=1S/C17H23N3O5S/c1-13-10-17(25-19-13)18-16(21)12-20(2)8-5-9-24-14-6-4-7-15(11-14)26(3,22)23/h4,6-7,10-11H,5,8-9,12H2,1-3H3,(H,18,21). The van der Waals surface area contributed by atoms with Gasteiger partial charge in [-0.15, -0.1) is 0 Å². The molecule has 26 heavy (non-hydrogen) atoms. The summed E-state index contributed by atoms with van der Waals surface area (Å²) in [5.74, 6) is 0.648. The van der Waals surface area contributed by atoms with Crippen LogP contribution in [0.1, 0.15) is 12.1 Å². The van der Waals surface area contributed by atoms with Crippen molar-refractivity contribution >= 4 is 21.6 Å². The lowest BCUT2D eigenvalue weighted by Gasteiger charge is -2.15. The fourth-order valence-corrected chi connectivity index (χ4v) is 2.90. The second kappa shape index (κ2) is 8.81. The van der Waals surface area contributed by atoms with Gasteiger partial charge in [-0.1, -0.05) is 11.2 Å². The summed E-state index contributed by atoms with van der Waals surface area (Å²) in [6.07, 6.45) is 1.85. The molecule has 1 amide bonds. The SMILES string of the molecule is Cc1cc(NC(=O)CN(C)CCCOc2cccc(S(C)(=O)=O)c2)on1. The van der Waals surface area contributed by atoms with Crippen molar-refractivity contribution in [2.45, 2.75) is 18.2 Å². The summed E-state index contributed by atoms with van der Waals surface area (Å²) >= 11 is 0. The highest BCUT2D eigenvalue weighted by atomic mass is 32.2. The minimum Gasteiger partial charge on any atom is -0.494 e. The molecule has 0 unspecified atom stereocenters. The number of rotatable bonds is 9. The molecule has 1 heterocycles. The molecule has 1 aromatic heterocycles. The third-order valence-electron chi connectivity index (χ3n) is 3.49. The van der Waals surface area contributed by atoms with E-state index in [1.165, 1.54) is 12.1 Å². The molecule has 2 rings (SSSR count). The number of hydrogen-bond acceptors (Lipinski definition) is 7. The molecule has 2 aromatic rings. The van der Waals surface area contributed by atoms with Crippen LogP contribution in [0.25, 0.3) is 0 Å². The molecule has 0 saturated carbocycles. The van der Waals surface area contributed by atoms with Crippen molar-refractivity contribution in [2.24, 2.45) is 0 Å². The van der Waals surface area contributed by atoms with E-state index in [1.54, 1.807) is 25.1 Å². The number of aryl methyl sites for hydroxylation is 1. The lowest BCUT2D eigenvalue weighted by atomic mass is 10.3. The lowest BCUT2D eigenvalue weighted by Crippen LogP contribution is -2.31. The molecule has 0 spiro atoms. The normalized spacial score (nSPS) is 11.5. The maximum Gasteiger partial charge on any atom is 0.240 e. The average Bonchev–Trinajstić information content (AvgIpc) is 2.96. The number of nitrogens with zero attached hydrogens (tertiary/aromatic N) is 2. The van der Waals surface area contributed by atoms with E-state index in [0.29, 0.717) is 36.9 Å². The third kappa shape index (κ3) is 6.49. The molecule has 1 aromatic carbocycles. The zero-order valence-electron chi connectivity index (χ0n) is 15.1. The fraction of sp³-hybridized carbons (Fsp3) is 0.412. The van der Waals surface area contributed by atoms with Gasteiger partial charge in [0.05, 0.1) is 23.7 Å². The van der Waals surface area contributed by atoms with E-state index < -0.39 is 9.84 Å². The summed E-state index contributed by atoms with van der Waals surface area (Å²) in [6.45, 7) is 3.05. The Morgan fingerprint density at radius 1 is 1.35 bits per heavy atom. The monoisotopic (exact) mass is 381 g/mol. The van der Waals surface area contributed by atoms with Gasteiger partial charge >= 0.3 is 0 Å². The second-order valence-corrected chi connectivity index (χ2v) is 8.08. The Morgan fingerprint density at radius 3 is 2.77 bits per heavy atom. The van der Waals surface area contributed by atoms with E-state index in [2.05, 4.69) is 10.5 Å². The number of carbonyl (C=O) groups is 1. The number of aromatic nitrogens is 1. The van der Waals surface area contributed by atoms with Crippen LogP contribution in [-0.4, -0.2) is 57.4 Å². The van der Waals surface area contributed by atoms with E-state index in [4.69, 9.17) is 9.26 Å². The Morgan fingerprint density at radius 2 is 2.12 bits per heavy atom. The highest BCUT2D eigenvalue weighted by molar-refractivity contribution is 7.90. The molecule has 0 bridgehead atoms. The number of nitrogens with one attached hydrogen (secondary N) is 1. The van der Waals surface area contributed by atoms with Crippen molar-refractivity contribution in [3.8, 4) is 5.75 Å². The van der Waals surface area contributed by atoms with Crippen molar-refractivity contribution in [2.75, 3.05) is 38.3 Å². The molecule has 0 radical (unpaired) electrons. The summed E-state index contributed by atoms with van der Waals surface area (Å²) in [4.78, 5) is 14.0. The van der Waals surface area contributed by atoms with Gasteiger partial charge in [0.25, 0.3) is 0 Å². The maximum atomic E-state index is 11.9. The molecule has 0 aliphatic rings. The van der Waals surface area contributed by atoms with E-state index in [-0.39, 0.29) is 17.3 Å². The molecule has 8 nitrogen and oxygen atoms in total. The van der Waals surface area contributed by atoms with Crippen LogP contribution in [0.4, 0.5) is 5.88 Å². The molecule has 0 aliphatic carbocycles. The molecule has 0 saturated heterocycles. The smallest absolute Gasteiger partial charge is 0.240 e. The summed E-state index contributed by atoms with van der Waals surface area (Å²) in [6, 6.07) is 8.05. The minimum absolute atomic E-state index is 0.189. The highest BCUT2D eigenvalue weighted by Gasteiger charge is 2.10. The van der Waals surface area contributed by atoms with Gasteiger partial charge in [0.1, 0.15) is 5.75 Å². The largest absolute Gasteiger partial charge is 0.494 e. The van der Waals surface area contributed by atoms with Gasteiger partial charge < -0.3 is 9.26 Å². The summed E-state index contributed by atoms with van der Waals surface area (Å²) < 4.78 is 33.6. The van der Waals surface area contributed by atoms with Crippen molar-refractivity contribution in [3.05, 3.63) is 36.0 Å². The number of benzene rings is 1. The lowest BCUT2D eigenvalue weighted by molar-refractivity contribution is -0.117. The van der Waals surface area contributed by atoms with Crippen LogP contribution in [0.15, 0.2) is 39.8 Å². The van der Waals surface area contributed by atoms with E-state index in [1.807, 2.05) is 11.9 Å². The van der Waals surface area contributed by atoms with Crippen LogP contribution in [0, 0.1) is 6.92 Å². The van der Waals surface area contributed by atoms with Gasteiger partial charge in [0.15, 0.2) is 9.84 Å². The zero-order chi connectivity index (χ0) is 19.2. The topological polar surface area (TPSA) is 102 Å². The fourth-order valence-electron chi connectivity index (χ4n) is 2.24. The Kier molecular flexibility index (Phi) is 6.76. The average molecular weight is 381 g/mol. The van der Waals surface area contributed by atoms with E-state index in [0.717, 1.165) is 6.26 Å². The molecule has 9 heteroatoms. The summed E-state index contributed by atoms with van der Waals surface area (Å²) in [5.41, 5.74) is 0.700. The number of sulfone groups is 1. The number of hydrogen-bond donors (Lipinski definition) is 1.